The summed E-state index contributed by atoms with van der Waals surface area (Å²) in [6.45, 7) is 3.82. The minimum absolute atomic E-state index is 0.0544. The van der Waals surface area contributed by atoms with Crippen molar-refractivity contribution in [2.45, 2.75) is 20.0 Å². The van der Waals surface area contributed by atoms with Crippen LogP contribution in [0.1, 0.15) is 24.2 Å². The minimum Gasteiger partial charge on any atom is -0.491 e. The first-order valence-corrected chi connectivity index (χ1v) is 6.49. The van der Waals surface area contributed by atoms with Gasteiger partial charge in [-0.15, -0.1) is 0 Å². The number of anilines is 1. The summed E-state index contributed by atoms with van der Waals surface area (Å²) in [6, 6.07) is 9.53. The standard InChI is InChI=1S/C16H15F2NO2/c1-10(2)21-13-6-4-12(5-7-13)19-16(20)14-8-3-11(17)9-15(14)18/h3-10H,1-2H3,(H,19,20). The largest absolute Gasteiger partial charge is 0.491 e. The van der Waals surface area contributed by atoms with Gasteiger partial charge in [0.25, 0.3) is 5.91 Å². The van der Waals surface area contributed by atoms with Crippen molar-refractivity contribution < 1.29 is 18.3 Å². The lowest BCUT2D eigenvalue weighted by atomic mass is 10.2. The molecular formula is C16H15F2NO2. The van der Waals surface area contributed by atoms with Crippen molar-refractivity contribution in [3.63, 3.8) is 0 Å². The molecule has 3 nitrogen and oxygen atoms in total. The van der Waals surface area contributed by atoms with Gasteiger partial charge in [0.15, 0.2) is 0 Å². The Kier molecular flexibility index (Phi) is 4.52. The molecule has 0 spiro atoms. The molecule has 1 amide bonds. The van der Waals surface area contributed by atoms with Gasteiger partial charge in [0.1, 0.15) is 17.4 Å². The average Bonchev–Trinajstić information content (AvgIpc) is 2.40. The molecule has 21 heavy (non-hydrogen) atoms. The zero-order chi connectivity index (χ0) is 15.4. The van der Waals surface area contributed by atoms with E-state index in [1.54, 1.807) is 24.3 Å². The molecule has 0 saturated carbocycles. The molecule has 110 valence electrons. The molecule has 0 aliphatic carbocycles. The van der Waals surface area contributed by atoms with Gasteiger partial charge in [0.05, 0.1) is 11.7 Å². The van der Waals surface area contributed by atoms with Crippen LogP contribution in [0.15, 0.2) is 42.5 Å². The molecular weight excluding hydrogens is 276 g/mol. The smallest absolute Gasteiger partial charge is 0.258 e. The van der Waals surface area contributed by atoms with Crippen LogP contribution in [0.25, 0.3) is 0 Å². The normalized spacial score (nSPS) is 10.5. The highest BCUT2D eigenvalue weighted by atomic mass is 19.1. The van der Waals surface area contributed by atoms with Gasteiger partial charge in [0, 0.05) is 11.8 Å². The summed E-state index contributed by atoms with van der Waals surface area (Å²) in [5, 5.41) is 2.54. The van der Waals surface area contributed by atoms with Crippen LogP contribution in [0.3, 0.4) is 0 Å². The molecule has 0 aliphatic rings. The number of amides is 1. The highest BCUT2D eigenvalue weighted by molar-refractivity contribution is 6.04. The first-order chi connectivity index (χ1) is 9.95. The Labute approximate surface area is 121 Å². The van der Waals surface area contributed by atoms with Crippen molar-refractivity contribution in [1.29, 1.82) is 0 Å². The topological polar surface area (TPSA) is 38.3 Å². The van der Waals surface area contributed by atoms with Gasteiger partial charge in [0.2, 0.25) is 0 Å². The highest BCUT2D eigenvalue weighted by Crippen LogP contribution is 2.18. The number of hydrogen-bond acceptors (Lipinski definition) is 2. The molecule has 0 aliphatic heterocycles. The van der Waals surface area contributed by atoms with E-state index in [4.69, 9.17) is 4.74 Å². The van der Waals surface area contributed by atoms with Crippen molar-refractivity contribution in [1.82, 2.24) is 0 Å². The second-order valence-corrected chi connectivity index (χ2v) is 4.77. The predicted octanol–water partition coefficient (Wildman–Crippen LogP) is 4.00. The van der Waals surface area contributed by atoms with Crippen LogP contribution in [0, 0.1) is 11.6 Å². The number of hydrogen-bond donors (Lipinski definition) is 1. The number of rotatable bonds is 4. The summed E-state index contributed by atoms with van der Waals surface area (Å²) in [4.78, 5) is 11.9. The van der Waals surface area contributed by atoms with Gasteiger partial charge >= 0.3 is 0 Å². The second-order valence-electron chi connectivity index (χ2n) is 4.77. The molecule has 0 bridgehead atoms. The monoisotopic (exact) mass is 291 g/mol. The molecule has 0 fully saturated rings. The predicted molar refractivity (Wildman–Crippen MR) is 76.5 cm³/mol. The third-order valence-electron chi connectivity index (χ3n) is 2.66. The Balaban J connectivity index is 2.08. The van der Waals surface area contributed by atoms with E-state index in [1.807, 2.05) is 13.8 Å². The summed E-state index contributed by atoms with van der Waals surface area (Å²) in [5.41, 5.74) is 0.290. The van der Waals surface area contributed by atoms with Gasteiger partial charge in [-0.3, -0.25) is 4.79 Å². The number of halogens is 2. The first-order valence-electron chi connectivity index (χ1n) is 6.49. The van der Waals surface area contributed by atoms with E-state index in [0.29, 0.717) is 17.5 Å². The van der Waals surface area contributed by atoms with Crippen LogP contribution in [0.5, 0.6) is 5.75 Å². The zero-order valence-corrected chi connectivity index (χ0v) is 11.7. The maximum Gasteiger partial charge on any atom is 0.258 e. The fourth-order valence-corrected chi connectivity index (χ4v) is 1.76. The van der Waals surface area contributed by atoms with Crippen molar-refractivity contribution in [2.24, 2.45) is 0 Å². The maximum atomic E-state index is 13.5. The van der Waals surface area contributed by atoms with Crippen LogP contribution in [-0.4, -0.2) is 12.0 Å². The van der Waals surface area contributed by atoms with Crippen LogP contribution in [0.4, 0.5) is 14.5 Å². The van der Waals surface area contributed by atoms with Crippen LogP contribution in [-0.2, 0) is 0 Å². The number of nitrogens with one attached hydrogen (secondary N) is 1. The Morgan fingerprint density at radius 2 is 1.76 bits per heavy atom. The third kappa shape index (κ3) is 4.02. The number of carbonyl (C=O) groups excluding carboxylic acids is 1. The SMILES string of the molecule is CC(C)Oc1ccc(NC(=O)c2ccc(F)cc2F)cc1. The summed E-state index contributed by atoms with van der Waals surface area (Å²) >= 11 is 0. The molecule has 2 rings (SSSR count). The number of carbonyl (C=O) groups is 1. The fraction of sp³-hybridized carbons (Fsp3) is 0.188. The van der Waals surface area contributed by atoms with E-state index in [9.17, 15) is 13.6 Å². The van der Waals surface area contributed by atoms with Crippen LogP contribution < -0.4 is 10.1 Å². The van der Waals surface area contributed by atoms with Crippen LogP contribution in [0.2, 0.25) is 0 Å². The molecule has 5 heteroatoms. The lowest BCUT2D eigenvalue weighted by molar-refractivity contribution is 0.102. The van der Waals surface area contributed by atoms with Crippen molar-refractivity contribution in [3.05, 3.63) is 59.7 Å². The van der Waals surface area contributed by atoms with E-state index in [2.05, 4.69) is 5.32 Å². The van der Waals surface area contributed by atoms with Gasteiger partial charge in [-0.25, -0.2) is 8.78 Å². The molecule has 0 radical (unpaired) electrons. The Morgan fingerprint density at radius 3 is 2.33 bits per heavy atom. The fourth-order valence-electron chi connectivity index (χ4n) is 1.76. The Bertz CT molecular complexity index is 639. The van der Waals surface area contributed by atoms with Gasteiger partial charge in [-0.2, -0.15) is 0 Å². The molecule has 0 heterocycles. The lowest BCUT2D eigenvalue weighted by Gasteiger charge is -2.11. The molecule has 0 saturated heterocycles. The van der Waals surface area contributed by atoms with E-state index in [1.165, 1.54) is 0 Å². The van der Waals surface area contributed by atoms with Gasteiger partial charge < -0.3 is 10.1 Å². The number of benzene rings is 2. The highest BCUT2D eigenvalue weighted by Gasteiger charge is 2.12. The summed E-state index contributed by atoms with van der Waals surface area (Å²) in [6.07, 6.45) is 0.0544. The van der Waals surface area contributed by atoms with Crippen molar-refractivity contribution >= 4 is 11.6 Å². The molecule has 0 atom stereocenters. The zero-order valence-electron chi connectivity index (χ0n) is 11.7. The molecule has 2 aromatic carbocycles. The summed E-state index contributed by atoms with van der Waals surface area (Å²) in [5.74, 6) is -1.58. The molecule has 0 unspecified atom stereocenters. The first kappa shape index (κ1) is 15.0. The van der Waals surface area contributed by atoms with E-state index < -0.39 is 17.5 Å². The van der Waals surface area contributed by atoms with Gasteiger partial charge in [-0.05, 0) is 50.2 Å². The average molecular weight is 291 g/mol. The maximum absolute atomic E-state index is 13.5. The quantitative estimate of drug-likeness (QED) is 0.924. The van der Waals surface area contributed by atoms with Crippen LogP contribution >= 0.6 is 0 Å². The number of ether oxygens (including phenoxy) is 1. The van der Waals surface area contributed by atoms with Crippen molar-refractivity contribution in [2.75, 3.05) is 5.32 Å². The summed E-state index contributed by atoms with van der Waals surface area (Å²) < 4.78 is 31.8. The third-order valence-corrected chi connectivity index (χ3v) is 2.66. The molecule has 1 N–H and O–H groups in total. The second kappa shape index (κ2) is 6.35. The Morgan fingerprint density at radius 1 is 1.10 bits per heavy atom. The van der Waals surface area contributed by atoms with E-state index in [-0.39, 0.29) is 11.7 Å². The van der Waals surface area contributed by atoms with Crippen molar-refractivity contribution in [3.8, 4) is 5.75 Å². The Hall–Kier alpha value is -2.43. The molecule has 0 aromatic heterocycles. The summed E-state index contributed by atoms with van der Waals surface area (Å²) in [7, 11) is 0. The lowest BCUT2D eigenvalue weighted by Crippen LogP contribution is -2.14. The molecule has 2 aromatic rings. The minimum atomic E-state index is -0.896. The van der Waals surface area contributed by atoms with E-state index in [0.717, 1.165) is 12.1 Å². The van der Waals surface area contributed by atoms with E-state index >= 15 is 0 Å². The van der Waals surface area contributed by atoms with Gasteiger partial charge in [-0.1, -0.05) is 0 Å².